The van der Waals surface area contributed by atoms with Crippen LogP contribution in [0.5, 0.6) is 17.4 Å². The number of piperidine rings is 1. The van der Waals surface area contributed by atoms with E-state index in [4.69, 9.17) is 19.2 Å². The van der Waals surface area contributed by atoms with Crippen LogP contribution in [0.1, 0.15) is 36.8 Å². The highest BCUT2D eigenvalue weighted by Gasteiger charge is 2.18. The molecule has 0 spiro atoms. The van der Waals surface area contributed by atoms with Gasteiger partial charge in [0.1, 0.15) is 11.5 Å². The molecule has 0 atom stereocenters. The molecule has 1 fully saturated rings. The molecular formula is C35H41N5O4. The Morgan fingerprint density at radius 3 is 2.39 bits per heavy atom. The van der Waals surface area contributed by atoms with Crippen LogP contribution >= 0.6 is 0 Å². The summed E-state index contributed by atoms with van der Waals surface area (Å²) in [7, 11) is 3.24. The molecule has 0 aliphatic carbocycles. The molecule has 1 aliphatic rings. The monoisotopic (exact) mass is 595 g/mol. The minimum atomic E-state index is -0.575. The standard InChI is InChI=1S/C35H41N5O4/c1-25-10-8-11-31(26(25)2)32-24-33(44-35(41)39(3)28-14-18-29(42-4)19-15-28)38-34(37-32)36-27-12-16-30(17-13-27)43-23-9-22-40-20-6-5-7-21-40/h8,10-19,24H,5-7,9,20-23H2,1-4H3,(H,36,37,38). The van der Waals surface area contributed by atoms with Crippen LogP contribution in [0.2, 0.25) is 0 Å². The summed E-state index contributed by atoms with van der Waals surface area (Å²) < 4.78 is 17.0. The SMILES string of the molecule is COc1ccc(N(C)C(=O)Oc2cc(-c3cccc(C)c3C)nc(Nc3ccc(OCCCN4CCCCC4)cc3)n2)cc1. The van der Waals surface area contributed by atoms with Crippen LogP contribution in [-0.2, 0) is 0 Å². The molecule has 9 heteroatoms. The first-order valence-corrected chi connectivity index (χ1v) is 15.2. The second-order valence-corrected chi connectivity index (χ2v) is 11.0. The van der Waals surface area contributed by atoms with Crippen molar-refractivity contribution in [2.24, 2.45) is 0 Å². The van der Waals surface area contributed by atoms with Gasteiger partial charge in [0.2, 0.25) is 11.8 Å². The Kier molecular flexibility index (Phi) is 10.3. The summed E-state index contributed by atoms with van der Waals surface area (Å²) in [6.45, 7) is 8.27. The van der Waals surface area contributed by atoms with E-state index in [1.165, 1.54) is 37.3 Å². The maximum Gasteiger partial charge on any atom is 0.420 e. The average Bonchev–Trinajstić information content (AvgIpc) is 3.05. The summed E-state index contributed by atoms with van der Waals surface area (Å²) in [6, 6.07) is 22.6. The molecule has 0 unspecified atom stereocenters. The van der Waals surface area contributed by atoms with Gasteiger partial charge in [-0.25, -0.2) is 9.78 Å². The number of methoxy groups -OCH3 is 1. The Labute approximate surface area is 259 Å². The molecule has 1 N–H and O–H groups in total. The number of nitrogens with zero attached hydrogens (tertiary/aromatic N) is 4. The maximum absolute atomic E-state index is 13.1. The number of benzene rings is 3. The second-order valence-electron chi connectivity index (χ2n) is 11.0. The van der Waals surface area contributed by atoms with E-state index in [1.807, 2.05) is 43.3 Å². The van der Waals surface area contributed by atoms with Crippen molar-refractivity contribution in [2.45, 2.75) is 39.5 Å². The molecule has 3 aromatic carbocycles. The fraction of sp³-hybridized carbons (Fsp3) is 0.343. The predicted molar refractivity (Wildman–Crippen MR) is 174 cm³/mol. The summed E-state index contributed by atoms with van der Waals surface area (Å²) in [5.41, 5.74) is 5.26. The molecule has 4 aromatic rings. The smallest absolute Gasteiger partial charge is 0.420 e. The summed E-state index contributed by atoms with van der Waals surface area (Å²) in [6.07, 6.45) is 4.39. The number of carbonyl (C=O) groups excluding carboxylic acids is 1. The van der Waals surface area contributed by atoms with Crippen molar-refractivity contribution in [3.8, 4) is 28.6 Å². The lowest BCUT2D eigenvalue weighted by Crippen LogP contribution is -2.31. The normalized spacial score (nSPS) is 13.3. The van der Waals surface area contributed by atoms with Gasteiger partial charge in [-0.05, 0) is 106 Å². The number of rotatable bonds is 11. The number of nitrogens with one attached hydrogen (secondary N) is 1. The summed E-state index contributed by atoms with van der Waals surface area (Å²) >= 11 is 0. The van der Waals surface area contributed by atoms with E-state index in [0.717, 1.165) is 41.1 Å². The van der Waals surface area contributed by atoms with Gasteiger partial charge < -0.3 is 24.4 Å². The Morgan fingerprint density at radius 1 is 0.932 bits per heavy atom. The van der Waals surface area contributed by atoms with Gasteiger partial charge in [0, 0.05) is 36.6 Å². The number of hydrogen-bond acceptors (Lipinski definition) is 8. The summed E-state index contributed by atoms with van der Waals surface area (Å²) in [5.74, 6) is 1.97. The van der Waals surface area contributed by atoms with E-state index in [1.54, 1.807) is 44.5 Å². The Balaban J connectivity index is 1.29. The maximum atomic E-state index is 13.1. The Bertz CT molecular complexity index is 1540. The van der Waals surface area contributed by atoms with Gasteiger partial charge in [0.15, 0.2) is 0 Å². The molecule has 9 nitrogen and oxygen atoms in total. The zero-order valence-electron chi connectivity index (χ0n) is 26.0. The molecule has 230 valence electrons. The number of aryl methyl sites for hydroxylation is 1. The van der Waals surface area contributed by atoms with E-state index in [2.05, 4.69) is 28.2 Å². The number of hydrogen-bond donors (Lipinski definition) is 1. The van der Waals surface area contributed by atoms with Crippen molar-refractivity contribution in [3.05, 3.63) is 83.9 Å². The number of ether oxygens (including phenoxy) is 3. The third-order valence-corrected chi connectivity index (χ3v) is 7.96. The van der Waals surface area contributed by atoms with Crippen molar-refractivity contribution in [2.75, 3.05) is 50.6 Å². The molecule has 0 radical (unpaired) electrons. The van der Waals surface area contributed by atoms with Gasteiger partial charge in [-0.2, -0.15) is 4.98 Å². The fourth-order valence-corrected chi connectivity index (χ4v) is 5.19. The predicted octanol–water partition coefficient (Wildman–Crippen LogP) is 7.40. The van der Waals surface area contributed by atoms with Crippen molar-refractivity contribution < 1.29 is 19.0 Å². The van der Waals surface area contributed by atoms with Crippen LogP contribution in [0, 0.1) is 13.8 Å². The molecular weight excluding hydrogens is 554 g/mol. The molecule has 1 amide bonds. The molecule has 1 saturated heterocycles. The third kappa shape index (κ3) is 8.05. The van der Waals surface area contributed by atoms with Gasteiger partial charge >= 0.3 is 6.09 Å². The van der Waals surface area contributed by atoms with Gasteiger partial charge in [-0.3, -0.25) is 4.90 Å². The molecule has 1 aliphatic heterocycles. The largest absolute Gasteiger partial charge is 0.497 e. The first kappa shape index (κ1) is 30.8. The molecule has 44 heavy (non-hydrogen) atoms. The molecule has 0 saturated carbocycles. The van der Waals surface area contributed by atoms with Crippen LogP contribution in [0.25, 0.3) is 11.3 Å². The topological polar surface area (TPSA) is 89.0 Å². The Morgan fingerprint density at radius 2 is 1.66 bits per heavy atom. The minimum Gasteiger partial charge on any atom is -0.497 e. The third-order valence-electron chi connectivity index (χ3n) is 7.96. The van der Waals surface area contributed by atoms with Gasteiger partial charge in [-0.15, -0.1) is 0 Å². The average molecular weight is 596 g/mol. The number of likely N-dealkylation sites (tertiary alicyclic amines) is 1. The molecule has 5 rings (SSSR count). The van der Waals surface area contributed by atoms with E-state index < -0.39 is 6.09 Å². The van der Waals surface area contributed by atoms with Crippen LogP contribution < -0.4 is 24.4 Å². The number of aromatic nitrogens is 2. The first-order chi connectivity index (χ1) is 21.4. The van der Waals surface area contributed by atoms with Gasteiger partial charge in [0.25, 0.3) is 0 Å². The van der Waals surface area contributed by atoms with Crippen molar-refractivity contribution >= 4 is 23.4 Å². The van der Waals surface area contributed by atoms with E-state index >= 15 is 0 Å². The molecule has 2 heterocycles. The van der Waals surface area contributed by atoms with E-state index in [9.17, 15) is 4.79 Å². The summed E-state index contributed by atoms with van der Waals surface area (Å²) in [4.78, 5) is 26.4. The van der Waals surface area contributed by atoms with Crippen LogP contribution in [0.15, 0.2) is 72.8 Å². The highest BCUT2D eigenvalue weighted by atomic mass is 16.6. The zero-order valence-corrected chi connectivity index (χ0v) is 26.0. The highest BCUT2D eigenvalue weighted by molar-refractivity contribution is 5.88. The van der Waals surface area contributed by atoms with Gasteiger partial charge in [-0.1, -0.05) is 24.6 Å². The van der Waals surface area contributed by atoms with Crippen LogP contribution in [0.3, 0.4) is 0 Å². The minimum absolute atomic E-state index is 0.137. The number of carbonyl (C=O) groups is 1. The lowest BCUT2D eigenvalue weighted by atomic mass is 10.0. The molecule has 1 aromatic heterocycles. The highest BCUT2D eigenvalue weighted by Crippen LogP contribution is 2.29. The van der Waals surface area contributed by atoms with Crippen molar-refractivity contribution in [3.63, 3.8) is 0 Å². The first-order valence-electron chi connectivity index (χ1n) is 15.2. The second kappa shape index (κ2) is 14.7. The quantitative estimate of drug-likeness (QED) is 0.179. The summed E-state index contributed by atoms with van der Waals surface area (Å²) in [5, 5.41) is 3.27. The van der Waals surface area contributed by atoms with E-state index in [-0.39, 0.29) is 5.88 Å². The van der Waals surface area contributed by atoms with Crippen LogP contribution in [-0.4, -0.2) is 61.4 Å². The van der Waals surface area contributed by atoms with Crippen molar-refractivity contribution in [1.82, 2.24) is 14.9 Å². The van der Waals surface area contributed by atoms with Gasteiger partial charge in [0.05, 0.1) is 19.4 Å². The Hall–Kier alpha value is -4.63. The number of anilines is 3. The van der Waals surface area contributed by atoms with Crippen molar-refractivity contribution in [1.29, 1.82) is 0 Å². The number of amides is 1. The lowest BCUT2D eigenvalue weighted by molar-refractivity contribution is 0.205. The molecule has 0 bridgehead atoms. The van der Waals surface area contributed by atoms with E-state index in [0.29, 0.717) is 29.7 Å². The fourth-order valence-electron chi connectivity index (χ4n) is 5.19. The zero-order chi connectivity index (χ0) is 30.9. The van der Waals surface area contributed by atoms with Crippen LogP contribution in [0.4, 0.5) is 22.1 Å². The lowest BCUT2D eigenvalue weighted by Gasteiger charge is -2.26.